The minimum Gasteiger partial charge on any atom is -0.394 e. The Balaban J connectivity index is 0.927. The van der Waals surface area contributed by atoms with Crippen molar-refractivity contribution in [1.82, 2.24) is 9.80 Å². The molecule has 40 heteroatoms. The molecule has 0 aromatic rings. The van der Waals surface area contributed by atoms with Crippen molar-refractivity contribution < 1.29 is 188 Å². The third-order valence-corrected chi connectivity index (χ3v) is 19.5. The van der Waals surface area contributed by atoms with Gasteiger partial charge in [0.1, 0.15) is 189 Å². The molecule has 40 nitrogen and oxygen atoms in total. The van der Waals surface area contributed by atoms with Gasteiger partial charge in [-0.3, -0.25) is 9.80 Å². The Hall–Kier alpha value is -1.60. The molecule has 40 atom stereocenters. The van der Waals surface area contributed by atoms with E-state index in [4.69, 9.17) is 75.8 Å². The molecule has 558 valence electrons. The van der Waals surface area contributed by atoms with Crippen molar-refractivity contribution in [2.75, 3.05) is 72.4 Å². The van der Waals surface area contributed by atoms with Gasteiger partial charge in [0.15, 0.2) is 50.3 Å². The van der Waals surface area contributed by atoms with Crippen LogP contribution in [-0.4, -0.2) is 446 Å². The first-order valence-corrected chi connectivity index (χ1v) is 32.2. The number of hydrogen-bond acceptors (Lipinski definition) is 40. The molecule has 31 saturated heterocycles. The number of ether oxygens (including phenoxy) is 16. The largest absolute Gasteiger partial charge is 0.394 e. The molecule has 0 aromatic heterocycles. The van der Waals surface area contributed by atoms with Crippen molar-refractivity contribution >= 4 is 0 Å². The molecule has 0 aromatic carbocycles. The van der Waals surface area contributed by atoms with Crippen LogP contribution in [0.3, 0.4) is 0 Å². The highest BCUT2D eigenvalue weighted by atomic mass is 16.8. The number of rotatable bonds is 10. The predicted molar refractivity (Wildman–Crippen MR) is 300 cm³/mol. The summed E-state index contributed by atoms with van der Waals surface area (Å²) in [5.74, 6) is 0. The maximum absolute atomic E-state index is 12.0. The first-order valence-electron chi connectivity index (χ1n) is 32.2. The molecule has 22 N–H and O–H groups in total. The van der Waals surface area contributed by atoms with E-state index in [9.17, 15) is 112 Å². The summed E-state index contributed by atoms with van der Waals surface area (Å²) in [6.45, 7) is 1.35. The summed E-state index contributed by atoms with van der Waals surface area (Å²) in [5.41, 5.74) is 0. The Morgan fingerprint density at radius 2 is 0.427 bits per heavy atom. The van der Waals surface area contributed by atoms with E-state index in [0.29, 0.717) is 26.2 Å². The highest BCUT2D eigenvalue weighted by molar-refractivity contribution is 5.03. The molecule has 0 amide bonds. The van der Waals surface area contributed by atoms with E-state index >= 15 is 0 Å². The zero-order valence-electron chi connectivity index (χ0n) is 52.4. The molecule has 31 heterocycles. The van der Waals surface area contributed by atoms with Gasteiger partial charge in [-0.15, -0.1) is 0 Å². The minimum atomic E-state index is -2.23. The SMILES string of the molecule is CCC1OC2OC3C(CO)OC(OC4C(CO)OC(OC5C(CO)OC(OC6C(CO)OC(OC7C(CO)OC(OC8C(CO)OC(OC9C(CN%10CCN(C(C)C)CC%10)OC(OC1C(O)C2O)C(O)C9O)C(O)C8O)C(O)C7O)C(O)C6O)C(O)C5O)C(O)C4O)C(O)C3O. The predicted octanol–water partition coefficient (Wildman–Crippen LogP) is -15.0. The number of aliphatic hydroxyl groups is 22. The summed E-state index contributed by atoms with van der Waals surface area (Å²) >= 11 is 0. The normalized spacial score (nSPS) is 53.2. The van der Waals surface area contributed by atoms with Crippen molar-refractivity contribution in [3.8, 4) is 0 Å². The topological polar surface area (TPSA) is 599 Å². The van der Waals surface area contributed by atoms with Gasteiger partial charge in [-0.2, -0.15) is 0 Å². The van der Waals surface area contributed by atoms with Crippen molar-refractivity contribution in [3.63, 3.8) is 0 Å². The lowest BCUT2D eigenvalue weighted by Gasteiger charge is -2.51. The third kappa shape index (κ3) is 15.6. The van der Waals surface area contributed by atoms with Gasteiger partial charge in [-0.05, 0) is 20.3 Å². The molecule has 0 radical (unpaired) electrons. The molecule has 0 aliphatic carbocycles. The smallest absolute Gasteiger partial charge is 0.187 e. The molecule has 31 rings (SSSR count). The molecule has 0 saturated carbocycles. The van der Waals surface area contributed by atoms with Crippen LogP contribution in [0.5, 0.6) is 0 Å². The van der Waals surface area contributed by atoms with Gasteiger partial charge in [0.05, 0.1) is 45.7 Å². The van der Waals surface area contributed by atoms with Crippen LogP contribution < -0.4 is 0 Å². The van der Waals surface area contributed by atoms with Crippen molar-refractivity contribution in [2.24, 2.45) is 0 Å². The van der Waals surface area contributed by atoms with E-state index in [2.05, 4.69) is 4.90 Å². The first kappa shape index (κ1) is 77.0. The Morgan fingerprint density at radius 1 is 0.250 bits per heavy atom. The average molecular weight is 1410 g/mol. The highest BCUT2D eigenvalue weighted by Crippen LogP contribution is 2.40. The van der Waals surface area contributed by atoms with Gasteiger partial charge < -0.3 is 188 Å². The Kier molecular flexibility index (Phi) is 26.5. The lowest BCUT2D eigenvalue weighted by molar-refractivity contribution is -0.403. The third-order valence-electron chi connectivity index (χ3n) is 19.5. The van der Waals surface area contributed by atoms with E-state index < -0.39 is 285 Å². The number of hydrogen-bond donors (Lipinski definition) is 22. The van der Waals surface area contributed by atoms with Gasteiger partial charge in [0, 0.05) is 38.8 Å². The standard InChI is InChI=1S/C56H96N2O38/c1-4-17-41-25(65)33(73)49(81-17)91-43-19(10-59)84-52(36(76)28(43)68)93-45-21(12-61)86-54(38(78)30(45)70)95-47-23(14-63)88-56(40(80)32(47)72)96-48-24(15-64)87-55(39(79)31(48)71)94-46-22(13-62)85-53(37(77)29(46)69)92-44-20(11-60)83-51(35(75)27(44)67)90-42-18(82-50(89-41)34(74)26(42)66)9-57-5-7-58(8-6-57)16(2)3/h16-56,59-80H,4-15H2,1-3H3. The fourth-order valence-electron chi connectivity index (χ4n) is 13.8. The molecular formula is C56H96N2O38. The quantitative estimate of drug-likeness (QED) is 0.0966. The van der Waals surface area contributed by atoms with E-state index in [0.717, 1.165) is 0 Å². The van der Waals surface area contributed by atoms with Crippen molar-refractivity contribution in [1.29, 1.82) is 0 Å². The van der Waals surface area contributed by atoms with E-state index in [1.165, 1.54) is 0 Å². The van der Waals surface area contributed by atoms with Crippen molar-refractivity contribution in [2.45, 2.75) is 279 Å². The van der Waals surface area contributed by atoms with E-state index in [-0.39, 0.29) is 19.0 Å². The van der Waals surface area contributed by atoms with Crippen molar-refractivity contribution in [3.05, 3.63) is 0 Å². The van der Waals surface area contributed by atoms with E-state index in [1.54, 1.807) is 6.92 Å². The van der Waals surface area contributed by atoms with Crippen LogP contribution >= 0.6 is 0 Å². The molecule has 0 spiro atoms. The van der Waals surface area contributed by atoms with Crippen LogP contribution in [0.4, 0.5) is 0 Å². The number of aliphatic hydroxyl groups excluding tert-OH is 22. The molecule has 31 aliphatic rings. The summed E-state index contributed by atoms with van der Waals surface area (Å²) < 4.78 is 94.4. The lowest BCUT2D eigenvalue weighted by atomic mass is 9.94. The van der Waals surface area contributed by atoms with Crippen LogP contribution in [0.25, 0.3) is 0 Å². The lowest BCUT2D eigenvalue weighted by Crippen LogP contribution is -2.69. The van der Waals surface area contributed by atoms with Crippen LogP contribution in [0.1, 0.15) is 27.2 Å². The summed E-state index contributed by atoms with van der Waals surface area (Å²) in [6.07, 6.45) is -78.2. The summed E-state index contributed by atoms with van der Waals surface area (Å²) in [6, 6.07) is 0.184. The molecule has 96 heavy (non-hydrogen) atoms. The van der Waals surface area contributed by atoms with Crippen LogP contribution in [0, 0.1) is 0 Å². The molecular weight excluding hydrogens is 1310 g/mol. The summed E-state index contributed by atoms with van der Waals surface area (Å²) in [7, 11) is 0. The molecule has 40 unspecified atom stereocenters. The minimum absolute atomic E-state index is 0.0383. The second-order valence-corrected chi connectivity index (χ2v) is 25.9. The monoisotopic (exact) mass is 1400 g/mol. The zero-order valence-corrected chi connectivity index (χ0v) is 52.4. The van der Waals surface area contributed by atoms with Gasteiger partial charge in [-0.1, -0.05) is 6.92 Å². The summed E-state index contributed by atoms with van der Waals surface area (Å²) in [5, 5.41) is 249. The Morgan fingerprint density at radius 3 is 0.615 bits per heavy atom. The second kappa shape index (κ2) is 33.0. The fraction of sp³-hybridized carbons (Fsp3) is 1.00. The number of piperazine rings is 1. The van der Waals surface area contributed by atoms with Gasteiger partial charge >= 0.3 is 0 Å². The molecule has 16 bridgehead atoms. The van der Waals surface area contributed by atoms with Crippen LogP contribution in [0.15, 0.2) is 0 Å². The maximum atomic E-state index is 12.0. The van der Waals surface area contributed by atoms with Crippen LogP contribution in [0.2, 0.25) is 0 Å². The Bertz CT molecular complexity index is 2370. The van der Waals surface area contributed by atoms with E-state index in [1.807, 2.05) is 18.7 Å². The molecule has 31 aliphatic heterocycles. The second-order valence-electron chi connectivity index (χ2n) is 25.9. The maximum Gasteiger partial charge on any atom is 0.187 e. The first-order chi connectivity index (χ1) is 45.7. The zero-order chi connectivity index (χ0) is 69.6. The van der Waals surface area contributed by atoms with Gasteiger partial charge in [0.25, 0.3) is 0 Å². The average Bonchev–Trinajstić information content (AvgIpc) is 0.780. The van der Waals surface area contributed by atoms with Gasteiger partial charge in [-0.25, -0.2) is 0 Å². The van der Waals surface area contributed by atoms with Crippen LogP contribution in [-0.2, 0) is 75.8 Å². The summed E-state index contributed by atoms with van der Waals surface area (Å²) in [4.78, 5) is 4.15. The number of nitrogens with zero attached hydrogens (tertiary/aromatic N) is 2. The highest BCUT2D eigenvalue weighted by Gasteiger charge is 2.60. The van der Waals surface area contributed by atoms with Gasteiger partial charge in [0.2, 0.25) is 0 Å². The fourth-order valence-corrected chi connectivity index (χ4v) is 13.8. The Labute approximate surface area is 548 Å². The molecule has 31 fully saturated rings.